The SMILES string of the molecule is CC1=Cc2cc(C(F)(F)F)ccc2C1.Cc1cc2cc(C(F)(F)F)ccc2n1COCc1ccccc1.O=C=O.O=C=O. The second kappa shape index (κ2) is 15.5. The molecule has 1 heterocycles. The van der Waals surface area contributed by atoms with Gasteiger partial charge in [-0.1, -0.05) is 48.0 Å². The number of allylic oxidation sites excluding steroid dienone is 1. The normalized spacial score (nSPS) is 11.8. The number of benzene rings is 3. The lowest BCUT2D eigenvalue weighted by molar-refractivity contribution is -0.193. The van der Waals surface area contributed by atoms with Gasteiger partial charge in [-0.2, -0.15) is 45.5 Å². The van der Waals surface area contributed by atoms with Crippen LogP contribution in [0.1, 0.15) is 40.4 Å². The van der Waals surface area contributed by atoms with Crippen LogP contribution in [0, 0.1) is 6.92 Å². The molecule has 0 saturated carbocycles. The van der Waals surface area contributed by atoms with Crippen LogP contribution in [0.5, 0.6) is 0 Å². The third-order valence-corrected chi connectivity index (χ3v) is 6.11. The van der Waals surface area contributed by atoms with Crippen molar-refractivity contribution in [2.24, 2.45) is 0 Å². The summed E-state index contributed by atoms with van der Waals surface area (Å²) in [6, 6.07) is 19.2. The van der Waals surface area contributed by atoms with Crippen molar-refractivity contribution in [1.82, 2.24) is 4.57 Å². The lowest BCUT2D eigenvalue weighted by atomic mass is 10.1. The monoisotopic (exact) mass is 605 g/mol. The minimum absolute atomic E-state index is 0.250. The molecule has 0 saturated heterocycles. The zero-order chi connectivity index (χ0) is 32.2. The molecular formula is C31H25F6NO5. The fraction of sp³-hybridized carbons (Fsp3) is 0.226. The van der Waals surface area contributed by atoms with Crippen molar-refractivity contribution in [2.75, 3.05) is 0 Å². The number of alkyl halides is 6. The number of nitrogens with zero attached hydrogens (tertiary/aromatic N) is 1. The molecule has 5 rings (SSSR count). The average molecular weight is 606 g/mol. The van der Waals surface area contributed by atoms with E-state index < -0.39 is 23.5 Å². The fourth-order valence-corrected chi connectivity index (χ4v) is 4.27. The van der Waals surface area contributed by atoms with E-state index in [1.165, 1.54) is 18.2 Å². The van der Waals surface area contributed by atoms with Crippen molar-refractivity contribution in [3.05, 3.63) is 112 Å². The smallest absolute Gasteiger partial charge is 0.356 e. The number of hydrogen-bond acceptors (Lipinski definition) is 5. The molecule has 0 atom stereocenters. The Kier molecular flexibility index (Phi) is 12.4. The lowest BCUT2D eigenvalue weighted by Gasteiger charge is -2.10. The molecule has 12 heteroatoms. The van der Waals surface area contributed by atoms with Crippen LogP contribution in [0.25, 0.3) is 17.0 Å². The van der Waals surface area contributed by atoms with Crippen LogP contribution in [-0.4, -0.2) is 16.9 Å². The van der Waals surface area contributed by atoms with Crippen LogP contribution in [0.2, 0.25) is 0 Å². The first kappa shape index (κ1) is 34.4. The van der Waals surface area contributed by atoms with E-state index in [0.29, 0.717) is 24.3 Å². The van der Waals surface area contributed by atoms with Gasteiger partial charge >= 0.3 is 24.7 Å². The first-order chi connectivity index (χ1) is 20.2. The Morgan fingerprint density at radius 1 is 0.767 bits per heavy atom. The number of hydrogen-bond donors (Lipinski definition) is 0. The average Bonchev–Trinajstić information content (AvgIpc) is 3.46. The van der Waals surface area contributed by atoms with Crippen molar-refractivity contribution < 1.29 is 50.3 Å². The Labute approximate surface area is 242 Å². The quantitative estimate of drug-likeness (QED) is 0.223. The molecule has 226 valence electrons. The first-order valence-electron chi connectivity index (χ1n) is 12.4. The second-order valence-electron chi connectivity index (χ2n) is 9.19. The van der Waals surface area contributed by atoms with Gasteiger partial charge in [0.15, 0.2) is 0 Å². The van der Waals surface area contributed by atoms with Gasteiger partial charge in [0, 0.05) is 11.1 Å². The summed E-state index contributed by atoms with van der Waals surface area (Å²) < 4.78 is 82.9. The third kappa shape index (κ3) is 10.2. The molecule has 0 aliphatic heterocycles. The highest BCUT2D eigenvalue weighted by Crippen LogP contribution is 2.34. The van der Waals surface area contributed by atoms with Crippen LogP contribution in [0.15, 0.2) is 78.4 Å². The van der Waals surface area contributed by atoms with Crippen molar-refractivity contribution in [3.63, 3.8) is 0 Å². The number of aromatic nitrogens is 1. The summed E-state index contributed by atoms with van der Waals surface area (Å²) in [5.41, 5.74) is 4.26. The van der Waals surface area contributed by atoms with E-state index >= 15 is 0 Å². The van der Waals surface area contributed by atoms with E-state index in [1.807, 2.05) is 54.8 Å². The van der Waals surface area contributed by atoms with Gasteiger partial charge in [0.05, 0.1) is 23.3 Å². The summed E-state index contributed by atoms with van der Waals surface area (Å²) in [4.78, 5) is 32.5. The molecule has 0 radical (unpaired) electrons. The Bertz CT molecular complexity index is 1600. The van der Waals surface area contributed by atoms with E-state index in [9.17, 15) is 26.3 Å². The minimum Gasteiger partial charge on any atom is -0.356 e. The van der Waals surface area contributed by atoms with E-state index in [0.717, 1.165) is 46.5 Å². The van der Waals surface area contributed by atoms with Gasteiger partial charge in [-0.3, -0.25) is 0 Å². The van der Waals surface area contributed by atoms with Crippen molar-refractivity contribution in [3.8, 4) is 0 Å². The molecule has 0 amide bonds. The van der Waals surface area contributed by atoms with Gasteiger partial charge in [0.25, 0.3) is 0 Å². The Balaban J connectivity index is 0.000000274. The number of aryl methyl sites for hydroxylation is 1. The fourth-order valence-electron chi connectivity index (χ4n) is 4.27. The van der Waals surface area contributed by atoms with Crippen molar-refractivity contribution in [2.45, 2.75) is 46.0 Å². The number of rotatable bonds is 4. The molecule has 0 N–H and O–H groups in total. The first-order valence-corrected chi connectivity index (χ1v) is 12.4. The van der Waals surface area contributed by atoms with Crippen molar-refractivity contribution >= 4 is 29.3 Å². The molecule has 1 aliphatic carbocycles. The van der Waals surface area contributed by atoms with Gasteiger partial charge in [-0.15, -0.1) is 0 Å². The van der Waals surface area contributed by atoms with Crippen LogP contribution in [0.3, 0.4) is 0 Å². The van der Waals surface area contributed by atoms with E-state index in [2.05, 4.69) is 0 Å². The van der Waals surface area contributed by atoms with Crippen molar-refractivity contribution in [1.29, 1.82) is 0 Å². The highest BCUT2D eigenvalue weighted by atomic mass is 19.4. The lowest BCUT2D eigenvalue weighted by Crippen LogP contribution is -2.06. The van der Waals surface area contributed by atoms with Gasteiger partial charge in [0.2, 0.25) is 0 Å². The molecular weight excluding hydrogens is 580 g/mol. The predicted molar refractivity (Wildman–Crippen MR) is 142 cm³/mol. The molecule has 6 nitrogen and oxygen atoms in total. The zero-order valence-electron chi connectivity index (χ0n) is 22.9. The van der Waals surface area contributed by atoms with E-state index in [-0.39, 0.29) is 12.3 Å². The summed E-state index contributed by atoms with van der Waals surface area (Å²) >= 11 is 0. The largest absolute Gasteiger partial charge is 0.416 e. The molecule has 1 aromatic heterocycles. The zero-order valence-corrected chi connectivity index (χ0v) is 22.9. The molecule has 4 aromatic rings. The second-order valence-corrected chi connectivity index (χ2v) is 9.19. The molecule has 3 aromatic carbocycles. The molecule has 0 spiro atoms. The van der Waals surface area contributed by atoms with E-state index in [4.69, 9.17) is 23.9 Å². The number of carbonyl (C=O) groups excluding carboxylic acids is 4. The summed E-state index contributed by atoms with van der Waals surface area (Å²) in [5.74, 6) is 0. The molecule has 1 aliphatic rings. The maximum atomic E-state index is 12.8. The summed E-state index contributed by atoms with van der Waals surface area (Å²) in [6.45, 7) is 4.54. The highest BCUT2D eigenvalue weighted by molar-refractivity contribution is 5.82. The summed E-state index contributed by atoms with van der Waals surface area (Å²) in [6.07, 6.45) is -5.48. The molecule has 0 fully saturated rings. The predicted octanol–water partition coefficient (Wildman–Crippen LogP) is 7.64. The standard InChI is InChI=1S/C18H16F3NO.C11H9F3.2CO2/c1-13-9-15-10-16(18(19,20)21)7-8-17(15)22(13)12-23-11-14-5-3-2-4-6-14;1-7-4-8-2-3-10(11(12,13)14)6-9(8)5-7;2*2-1-3/h2-10H,11-12H2,1H3;2-3,5-6H,4H2,1H3;;. The molecule has 0 unspecified atom stereocenters. The van der Waals surface area contributed by atoms with Gasteiger partial charge in [-0.25, -0.2) is 0 Å². The Morgan fingerprint density at radius 3 is 1.91 bits per heavy atom. The van der Waals surface area contributed by atoms with Crippen LogP contribution >= 0.6 is 0 Å². The number of halogens is 6. The van der Waals surface area contributed by atoms with E-state index in [1.54, 1.807) is 12.1 Å². The highest BCUT2D eigenvalue weighted by Gasteiger charge is 2.31. The van der Waals surface area contributed by atoms with Crippen LogP contribution < -0.4 is 0 Å². The Morgan fingerprint density at radius 2 is 1.33 bits per heavy atom. The summed E-state index contributed by atoms with van der Waals surface area (Å²) in [5, 5.41) is 0.570. The van der Waals surface area contributed by atoms with Gasteiger partial charge < -0.3 is 9.30 Å². The summed E-state index contributed by atoms with van der Waals surface area (Å²) in [7, 11) is 0. The topological polar surface area (TPSA) is 82.4 Å². The molecule has 0 bridgehead atoms. The minimum atomic E-state index is -4.33. The van der Waals surface area contributed by atoms with Crippen LogP contribution in [-0.2, 0) is 56.0 Å². The third-order valence-electron chi connectivity index (χ3n) is 6.11. The maximum Gasteiger partial charge on any atom is 0.416 e. The van der Waals surface area contributed by atoms with Gasteiger partial charge in [0.1, 0.15) is 6.73 Å². The number of ether oxygens (including phenoxy) is 1. The van der Waals surface area contributed by atoms with Gasteiger partial charge in [-0.05, 0) is 73.4 Å². The maximum absolute atomic E-state index is 12.8. The molecule has 43 heavy (non-hydrogen) atoms. The van der Waals surface area contributed by atoms with Crippen LogP contribution in [0.4, 0.5) is 26.3 Å². The number of fused-ring (bicyclic) bond motifs is 2. The Hall–Kier alpha value is -4.76.